The Morgan fingerprint density at radius 2 is 1.95 bits per heavy atom. The van der Waals surface area contributed by atoms with Crippen LogP contribution in [0.15, 0.2) is 18.2 Å². The van der Waals surface area contributed by atoms with E-state index in [4.69, 9.17) is 10.2 Å². The number of carboxylic acid groups (broad SMARTS) is 2. The second kappa shape index (κ2) is 8.67. The molecule has 2 heterocycles. The summed E-state index contributed by atoms with van der Waals surface area (Å²) in [6.07, 6.45) is 4.40. The van der Waals surface area contributed by atoms with E-state index in [1.165, 1.54) is 5.57 Å². The molecule has 22 heavy (non-hydrogen) atoms. The molecule has 9 nitrogen and oxygen atoms in total. The topological polar surface area (TPSA) is 121 Å². The molecule has 0 aromatic carbocycles. The first kappa shape index (κ1) is 17.5. The average molecular weight is 309 g/mol. The zero-order valence-electron chi connectivity index (χ0n) is 12.5. The van der Waals surface area contributed by atoms with E-state index in [0.717, 1.165) is 31.9 Å². The van der Waals surface area contributed by atoms with Gasteiger partial charge in [-0.2, -0.15) is 4.80 Å². The summed E-state index contributed by atoms with van der Waals surface area (Å²) in [4.78, 5) is 23.0. The number of rotatable bonds is 4. The molecule has 0 fully saturated rings. The first-order chi connectivity index (χ1) is 10.4. The number of aryl methyl sites for hydroxylation is 1. The van der Waals surface area contributed by atoms with Gasteiger partial charge >= 0.3 is 11.9 Å². The van der Waals surface area contributed by atoms with Crippen molar-refractivity contribution in [1.29, 1.82) is 0 Å². The Labute approximate surface area is 127 Å². The van der Waals surface area contributed by atoms with E-state index in [1.54, 1.807) is 4.80 Å². The van der Waals surface area contributed by atoms with Gasteiger partial charge in [-0.3, -0.25) is 0 Å². The van der Waals surface area contributed by atoms with Gasteiger partial charge in [0.2, 0.25) is 5.82 Å². The van der Waals surface area contributed by atoms with Crippen LogP contribution in [0.25, 0.3) is 5.57 Å². The maximum Gasteiger partial charge on any atom is 0.328 e. The third-order valence-electron chi connectivity index (χ3n) is 2.73. The van der Waals surface area contributed by atoms with Crippen molar-refractivity contribution in [3.63, 3.8) is 0 Å². The normalized spacial score (nSPS) is 15.1. The highest BCUT2D eigenvalue weighted by atomic mass is 16.4. The number of hydrogen-bond donors (Lipinski definition) is 2. The summed E-state index contributed by atoms with van der Waals surface area (Å²) in [5.74, 6) is -1.74. The van der Waals surface area contributed by atoms with Crippen molar-refractivity contribution in [3.05, 3.63) is 24.1 Å². The van der Waals surface area contributed by atoms with Crippen molar-refractivity contribution in [3.8, 4) is 0 Å². The van der Waals surface area contributed by atoms with E-state index in [-0.39, 0.29) is 0 Å². The number of aliphatic carboxylic acids is 2. The predicted octanol–water partition coefficient (Wildman–Crippen LogP) is 0.124. The maximum absolute atomic E-state index is 9.55. The third kappa shape index (κ3) is 6.27. The first-order valence-electron chi connectivity index (χ1n) is 6.72. The van der Waals surface area contributed by atoms with Crippen LogP contribution in [0.4, 0.5) is 0 Å². The van der Waals surface area contributed by atoms with E-state index < -0.39 is 11.9 Å². The lowest BCUT2D eigenvalue weighted by Crippen LogP contribution is -2.25. The summed E-state index contributed by atoms with van der Waals surface area (Å²) in [7, 11) is 2.11. The van der Waals surface area contributed by atoms with Crippen LogP contribution in [-0.4, -0.2) is 67.4 Å². The van der Waals surface area contributed by atoms with Crippen LogP contribution in [0.2, 0.25) is 0 Å². The second-order valence-electron chi connectivity index (χ2n) is 4.57. The Hall–Kier alpha value is -2.55. The predicted molar refractivity (Wildman–Crippen MR) is 78.0 cm³/mol. The molecular formula is C13H19N5O4. The van der Waals surface area contributed by atoms with Crippen molar-refractivity contribution in [1.82, 2.24) is 25.1 Å². The smallest absolute Gasteiger partial charge is 0.328 e. The third-order valence-corrected chi connectivity index (χ3v) is 2.73. The molecule has 0 atom stereocenters. The molecule has 0 unspecified atom stereocenters. The van der Waals surface area contributed by atoms with Gasteiger partial charge in [-0.25, -0.2) is 9.59 Å². The molecule has 9 heteroatoms. The summed E-state index contributed by atoms with van der Waals surface area (Å²) < 4.78 is 0. The Kier molecular flexibility index (Phi) is 6.90. The number of tetrazole rings is 1. The molecular weight excluding hydrogens is 290 g/mol. The van der Waals surface area contributed by atoms with Crippen molar-refractivity contribution in [2.45, 2.75) is 19.9 Å². The number of aromatic nitrogens is 4. The molecule has 1 aliphatic rings. The van der Waals surface area contributed by atoms with Gasteiger partial charge in [0.05, 0.1) is 6.54 Å². The monoisotopic (exact) mass is 309 g/mol. The number of carboxylic acids is 2. The molecule has 0 saturated heterocycles. The Morgan fingerprint density at radius 1 is 1.32 bits per heavy atom. The van der Waals surface area contributed by atoms with Crippen molar-refractivity contribution in [2.75, 3.05) is 20.1 Å². The molecule has 0 spiro atoms. The summed E-state index contributed by atoms with van der Waals surface area (Å²) in [6.45, 7) is 4.82. The van der Waals surface area contributed by atoms with E-state index in [9.17, 15) is 9.59 Å². The zero-order chi connectivity index (χ0) is 16.5. The van der Waals surface area contributed by atoms with Crippen LogP contribution < -0.4 is 0 Å². The summed E-state index contributed by atoms with van der Waals surface area (Å²) in [6, 6.07) is 0. The fourth-order valence-corrected chi connectivity index (χ4v) is 1.70. The summed E-state index contributed by atoms with van der Waals surface area (Å²) in [5, 5.41) is 27.9. The largest absolute Gasteiger partial charge is 0.478 e. The summed E-state index contributed by atoms with van der Waals surface area (Å²) in [5.41, 5.74) is 1.19. The van der Waals surface area contributed by atoms with E-state index in [1.807, 2.05) is 6.92 Å². The molecule has 2 rings (SSSR count). The van der Waals surface area contributed by atoms with E-state index in [2.05, 4.69) is 33.4 Å². The molecule has 0 amide bonds. The standard InChI is InChI=1S/C9H15N5.C4H4O4/c1-3-14-11-9(10-12-14)8-5-4-6-13(2)7-8;5-3(6)1-2-4(7)8/h5H,3-4,6-7H2,1-2H3;1-2H,(H,5,6)(H,7,8)/b;2-1+. The first-order valence-corrected chi connectivity index (χ1v) is 6.72. The van der Waals surface area contributed by atoms with Crippen molar-refractivity contribution < 1.29 is 19.8 Å². The second-order valence-corrected chi connectivity index (χ2v) is 4.57. The molecule has 1 aromatic rings. The van der Waals surface area contributed by atoms with Gasteiger partial charge in [0.25, 0.3) is 0 Å². The Balaban J connectivity index is 0.000000261. The molecule has 120 valence electrons. The minimum absolute atomic E-state index is 0.558. The lowest BCUT2D eigenvalue weighted by atomic mass is 10.1. The average Bonchev–Trinajstić information content (AvgIpc) is 2.95. The number of likely N-dealkylation sites (N-methyl/N-ethyl adjacent to an activating group) is 1. The highest BCUT2D eigenvalue weighted by molar-refractivity contribution is 5.89. The number of carbonyl (C=O) groups is 2. The minimum Gasteiger partial charge on any atom is -0.478 e. The van der Waals surface area contributed by atoms with Gasteiger partial charge in [-0.1, -0.05) is 6.08 Å². The van der Waals surface area contributed by atoms with Gasteiger partial charge in [0.1, 0.15) is 0 Å². The molecule has 0 aliphatic carbocycles. The highest BCUT2D eigenvalue weighted by Crippen LogP contribution is 2.15. The lowest BCUT2D eigenvalue weighted by Gasteiger charge is -2.20. The molecule has 0 saturated carbocycles. The highest BCUT2D eigenvalue weighted by Gasteiger charge is 2.14. The van der Waals surface area contributed by atoms with E-state index >= 15 is 0 Å². The summed E-state index contributed by atoms with van der Waals surface area (Å²) >= 11 is 0. The van der Waals surface area contributed by atoms with Crippen LogP contribution in [0.3, 0.4) is 0 Å². The maximum atomic E-state index is 9.55. The van der Waals surface area contributed by atoms with Crippen LogP contribution in [0, 0.1) is 0 Å². The van der Waals surface area contributed by atoms with Gasteiger partial charge in [-0.05, 0) is 25.6 Å². The Bertz CT molecular complexity index is 563. The fourth-order valence-electron chi connectivity index (χ4n) is 1.70. The SMILES string of the molecule is CCn1nnc(C2=CCCN(C)C2)n1.O=C(O)/C=C/C(=O)O. The van der Waals surface area contributed by atoms with Gasteiger partial charge in [-0.15, -0.1) is 10.2 Å². The van der Waals surface area contributed by atoms with Crippen molar-refractivity contribution >= 4 is 17.5 Å². The molecule has 0 radical (unpaired) electrons. The van der Waals surface area contributed by atoms with Crippen molar-refractivity contribution in [2.24, 2.45) is 0 Å². The minimum atomic E-state index is -1.26. The molecule has 2 N–H and O–H groups in total. The lowest BCUT2D eigenvalue weighted by molar-refractivity contribution is -0.134. The fraction of sp³-hybridized carbons (Fsp3) is 0.462. The molecule has 0 bridgehead atoms. The van der Waals surface area contributed by atoms with Crippen LogP contribution in [-0.2, 0) is 16.1 Å². The van der Waals surface area contributed by atoms with Crippen LogP contribution in [0.1, 0.15) is 19.2 Å². The Morgan fingerprint density at radius 3 is 2.41 bits per heavy atom. The molecule has 1 aromatic heterocycles. The van der Waals surface area contributed by atoms with Gasteiger partial charge in [0, 0.05) is 30.8 Å². The van der Waals surface area contributed by atoms with Crippen LogP contribution in [0.5, 0.6) is 0 Å². The van der Waals surface area contributed by atoms with Crippen LogP contribution >= 0.6 is 0 Å². The van der Waals surface area contributed by atoms with E-state index in [0.29, 0.717) is 12.2 Å². The number of hydrogen-bond acceptors (Lipinski definition) is 6. The van der Waals surface area contributed by atoms with Gasteiger partial charge < -0.3 is 15.1 Å². The van der Waals surface area contributed by atoms with Gasteiger partial charge in [0.15, 0.2) is 0 Å². The quantitative estimate of drug-likeness (QED) is 0.752. The number of nitrogens with zero attached hydrogens (tertiary/aromatic N) is 5. The molecule has 1 aliphatic heterocycles. The zero-order valence-corrected chi connectivity index (χ0v) is 12.5.